The number of rotatable bonds is 6. The summed E-state index contributed by atoms with van der Waals surface area (Å²) in [5.74, 6) is -1.46. The monoisotopic (exact) mass is 505 g/mol. The number of ether oxygens (including phenoxy) is 1. The standard InChI is InChI=1S/C26H20ClN3O6/c1-3-36-17-11-8-15(9-12-17)22-23(26(33)28(22)20-13-16(27)10-7-14(20)2)29-24(31)18-5-4-6-19(30(34)35)21(18)25(29)32/h4-13,22-23H,3H2,1-2H3. The molecule has 182 valence electrons. The molecule has 0 radical (unpaired) electrons. The number of fused-ring (bicyclic) bond motifs is 1. The van der Waals surface area contributed by atoms with Crippen molar-refractivity contribution in [1.29, 1.82) is 0 Å². The van der Waals surface area contributed by atoms with E-state index in [1.807, 2.05) is 13.8 Å². The lowest BCUT2D eigenvalue weighted by Gasteiger charge is -2.50. The van der Waals surface area contributed by atoms with Crippen LogP contribution in [0, 0.1) is 17.0 Å². The summed E-state index contributed by atoms with van der Waals surface area (Å²) in [6.07, 6.45) is 0. The zero-order valence-corrected chi connectivity index (χ0v) is 20.1. The molecule has 2 aliphatic rings. The maximum atomic E-state index is 13.6. The predicted molar refractivity (Wildman–Crippen MR) is 131 cm³/mol. The van der Waals surface area contributed by atoms with Gasteiger partial charge >= 0.3 is 0 Å². The van der Waals surface area contributed by atoms with Crippen molar-refractivity contribution >= 4 is 40.7 Å². The van der Waals surface area contributed by atoms with Gasteiger partial charge in [-0.05, 0) is 55.3 Å². The second-order valence-corrected chi connectivity index (χ2v) is 8.90. The summed E-state index contributed by atoms with van der Waals surface area (Å²) >= 11 is 6.22. The number of imide groups is 1. The first-order chi connectivity index (χ1) is 17.2. The number of amides is 3. The van der Waals surface area contributed by atoms with Crippen LogP contribution in [-0.4, -0.2) is 40.2 Å². The molecule has 1 fully saturated rings. The van der Waals surface area contributed by atoms with E-state index in [-0.39, 0.29) is 11.1 Å². The summed E-state index contributed by atoms with van der Waals surface area (Å²) in [4.78, 5) is 53.5. The largest absolute Gasteiger partial charge is 0.494 e. The van der Waals surface area contributed by atoms with Gasteiger partial charge in [0.15, 0.2) is 0 Å². The lowest BCUT2D eigenvalue weighted by molar-refractivity contribution is -0.385. The molecule has 10 heteroatoms. The van der Waals surface area contributed by atoms with Crippen LogP contribution >= 0.6 is 11.6 Å². The Morgan fingerprint density at radius 1 is 0.972 bits per heavy atom. The topological polar surface area (TPSA) is 110 Å². The highest BCUT2D eigenvalue weighted by Gasteiger charge is 2.58. The van der Waals surface area contributed by atoms with Gasteiger partial charge in [-0.15, -0.1) is 0 Å². The molecule has 0 bridgehead atoms. The van der Waals surface area contributed by atoms with E-state index in [4.69, 9.17) is 16.3 Å². The summed E-state index contributed by atoms with van der Waals surface area (Å²) in [6, 6.07) is 14.1. The van der Waals surface area contributed by atoms with Gasteiger partial charge in [-0.25, -0.2) is 0 Å². The number of hydrogen-bond donors (Lipinski definition) is 0. The molecule has 3 aromatic carbocycles. The van der Waals surface area contributed by atoms with Crippen LogP contribution < -0.4 is 9.64 Å². The second-order valence-electron chi connectivity index (χ2n) is 8.47. The molecule has 9 nitrogen and oxygen atoms in total. The summed E-state index contributed by atoms with van der Waals surface area (Å²) < 4.78 is 5.52. The van der Waals surface area contributed by atoms with E-state index < -0.39 is 40.4 Å². The van der Waals surface area contributed by atoms with Crippen LogP contribution in [0.5, 0.6) is 5.75 Å². The van der Waals surface area contributed by atoms with E-state index in [1.165, 1.54) is 23.1 Å². The number of β-lactam (4-membered cyclic amide) rings is 1. The molecule has 0 aromatic heterocycles. The fraction of sp³-hybridized carbons (Fsp3) is 0.192. The average molecular weight is 506 g/mol. The maximum absolute atomic E-state index is 13.6. The predicted octanol–water partition coefficient (Wildman–Crippen LogP) is 4.71. The number of anilines is 1. The van der Waals surface area contributed by atoms with Crippen molar-refractivity contribution in [2.24, 2.45) is 0 Å². The molecule has 3 amide bonds. The van der Waals surface area contributed by atoms with E-state index in [0.717, 1.165) is 10.5 Å². The molecule has 2 aliphatic heterocycles. The van der Waals surface area contributed by atoms with Crippen LogP contribution in [0.4, 0.5) is 11.4 Å². The molecule has 1 saturated heterocycles. The number of aryl methyl sites for hydroxylation is 1. The third-order valence-corrected chi connectivity index (χ3v) is 6.67. The minimum Gasteiger partial charge on any atom is -0.494 e. The molecule has 2 atom stereocenters. The zero-order chi connectivity index (χ0) is 25.7. The molecule has 2 heterocycles. The third kappa shape index (κ3) is 3.51. The van der Waals surface area contributed by atoms with E-state index in [2.05, 4.69) is 0 Å². The zero-order valence-electron chi connectivity index (χ0n) is 19.3. The highest BCUT2D eigenvalue weighted by atomic mass is 35.5. The number of carbonyl (C=O) groups is 3. The smallest absolute Gasteiger partial charge is 0.282 e. The Bertz CT molecular complexity index is 1440. The summed E-state index contributed by atoms with van der Waals surface area (Å²) in [5, 5.41) is 12.0. The SMILES string of the molecule is CCOc1ccc(C2C(N3C(=O)c4cccc([N+](=O)[O-])c4C3=O)C(=O)N2c2cc(Cl)ccc2C)cc1. The quantitative estimate of drug-likeness (QED) is 0.208. The average Bonchev–Trinajstić information content (AvgIpc) is 3.10. The fourth-order valence-electron chi connectivity index (χ4n) is 4.79. The Morgan fingerprint density at radius 2 is 1.69 bits per heavy atom. The molecule has 0 saturated carbocycles. The number of halogens is 1. The Balaban J connectivity index is 1.61. The summed E-state index contributed by atoms with van der Waals surface area (Å²) in [5.41, 5.74) is 1.12. The molecule has 0 spiro atoms. The van der Waals surface area contributed by atoms with E-state index >= 15 is 0 Å². The van der Waals surface area contributed by atoms with Gasteiger partial charge in [0.05, 0.1) is 23.1 Å². The van der Waals surface area contributed by atoms with Gasteiger partial charge in [-0.3, -0.25) is 29.4 Å². The van der Waals surface area contributed by atoms with Gasteiger partial charge < -0.3 is 9.64 Å². The van der Waals surface area contributed by atoms with Gasteiger partial charge in [-0.2, -0.15) is 0 Å². The van der Waals surface area contributed by atoms with Gasteiger partial charge in [0.2, 0.25) is 0 Å². The van der Waals surface area contributed by atoms with Gasteiger partial charge in [-0.1, -0.05) is 35.9 Å². The first-order valence-corrected chi connectivity index (χ1v) is 11.6. The van der Waals surface area contributed by atoms with Crippen LogP contribution in [-0.2, 0) is 4.79 Å². The number of nitro groups is 1. The minimum absolute atomic E-state index is 0.0928. The number of benzene rings is 3. The first-order valence-electron chi connectivity index (χ1n) is 11.2. The normalized spacial score (nSPS) is 18.8. The van der Waals surface area contributed by atoms with Crippen molar-refractivity contribution in [3.8, 4) is 5.75 Å². The number of nitro benzene ring substituents is 1. The highest BCUT2D eigenvalue weighted by molar-refractivity contribution is 6.31. The number of nitrogens with zero attached hydrogens (tertiary/aromatic N) is 3. The Hall–Kier alpha value is -4.24. The Kier molecular flexibility index (Phi) is 5.72. The molecular formula is C26H20ClN3O6. The molecule has 2 unspecified atom stereocenters. The summed E-state index contributed by atoms with van der Waals surface area (Å²) in [7, 11) is 0. The molecule has 0 aliphatic carbocycles. The van der Waals surface area contributed by atoms with Crippen molar-refractivity contribution in [3.05, 3.63) is 98.1 Å². The minimum atomic E-state index is -1.19. The van der Waals surface area contributed by atoms with Crippen molar-refractivity contribution < 1.29 is 24.0 Å². The number of carbonyl (C=O) groups excluding carboxylic acids is 3. The van der Waals surface area contributed by atoms with Crippen LogP contribution in [0.3, 0.4) is 0 Å². The second kappa shape index (κ2) is 8.76. The van der Waals surface area contributed by atoms with Crippen LogP contribution in [0.2, 0.25) is 5.02 Å². The van der Waals surface area contributed by atoms with Crippen LogP contribution in [0.15, 0.2) is 60.7 Å². The Labute approximate surface area is 211 Å². The lowest BCUT2D eigenvalue weighted by Crippen LogP contribution is -2.67. The Morgan fingerprint density at radius 3 is 2.36 bits per heavy atom. The molecule has 36 heavy (non-hydrogen) atoms. The van der Waals surface area contributed by atoms with Crippen LogP contribution in [0.25, 0.3) is 0 Å². The number of hydrogen-bond acceptors (Lipinski definition) is 6. The third-order valence-electron chi connectivity index (χ3n) is 6.43. The van der Waals surface area contributed by atoms with E-state index in [1.54, 1.807) is 42.5 Å². The first kappa shape index (κ1) is 23.5. The van der Waals surface area contributed by atoms with Crippen molar-refractivity contribution in [3.63, 3.8) is 0 Å². The van der Waals surface area contributed by atoms with Gasteiger partial charge in [0, 0.05) is 16.8 Å². The van der Waals surface area contributed by atoms with Gasteiger partial charge in [0.1, 0.15) is 17.4 Å². The van der Waals surface area contributed by atoms with Crippen molar-refractivity contribution in [1.82, 2.24) is 4.90 Å². The summed E-state index contributed by atoms with van der Waals surface area (Å²) in [6.45, 7) is 4.16. The van der Waals surface area contributed by atoms with Gasteiger partial charge in [0.25, 0.3) is 23.4 Å². The molecule has 3 aromatic rings. The van der Waals surface area contributed by atoms with Crippen molar-refractivity contribution in [2.75, 3.05) is 11.5 Å². The molecule has 5 rings (SSSR count). The molecular weight excluding hydrogens is 486 g/mol. The lowest BCUT2D eigenvalue weighted by atomic mass is 9.85. The maximum Gasteiger partial charge on any atom is 0.282 e. The fourth-order valence-corrected chi connectivity index (χ4v) is 4.95. The van der Waals surface area contributed by atoms with E-state index in [0.29, 0.717) is 28.6 Å². The highest BCUT2D eigenvalue weighted by Crippen LogP contribution is 2.46. The molecule has 0 N–H and O–H groups in total. The van der Waals surface area contributed by atoms with Crippen LogP contribution in [0.1, 0.15) is 44.8 Å². The van der Waals surface area contributed by atoms with Crippen molar-refractivity contribution in [2.45, 2.75) is 25.9 Å². The van der Waals surface area contributed by atoms with E-state index in [9.17, 15) is 24.5 Å².